The second-order valence-corrected chi connectivity index (χ2v) is 9.24. The molecule has 0 radical (unpaired) electrons. The van der Waals surface area contributed by atoms with E-state index in [0.29, 0.717) is 23.8 Å². The lowest BCUT2D eigenvalue weighted by atomic mass is 10.0. The third kappa shape index (κ3) is 6.48. The van der Waals surface area contributed by atoms with Crippen molar-refractivity contribution in [3.63, 3.8) is 0 Å². The van der Waals surface area contributed by atoms with Gasteiger partial charge in [0.05, 0.1) is 34.7 Å². The van der Waals surface area contributed by atoms with Crippen LogP contribution in [0.2, 0.25) is 0 Å². The van der Waals surface area contributed by atoms with Gasteiger partial charge in [0.25, 0.3) is 0 Å². The molecule has 1 atom stereocenters. The van der Waals surface area contributed by atoms with Crippen LogP contribution >= 0.6 is 11.8 Å². The van der Waals surface area contributed by atoms with E-state index >= 15 is 0 Å². The smallest absolute Gasteiger partial charge is 0.311 e. The lowest BCUT2D eigenvalue weighted by Gasteiger charge is -2.18. The Balaban J connectivity index is 1.85. The summed E-state index contributed by atoms with van der Waals surface area (Å²) in [7, 11) is 0. The van der Waals surface area contributed by atoms with Crippen molar-refractivity contribution in [3.05, 3.63) is 64.9 Å². The zero-order valence-corrected chi connectivity index (χ0v) is 20.6. The Morgan fingerprint density at radius 3 is 2.48 bits per heavy atom. The highest BCUT2D eigenvalue weighted by Crippen LogP contribution is 2.33. The van der Waals surface area contributed by atoms with Crippen molar-refractivity contribution in [1.82, 2.24) is 0 Å². The Labute approximate surface area is 199 Å². The minimum absolute atomic E-state index is 0.0638. The van der Waals surface area contributed by atoms with Gasteiger partial charge in [0.15, 0.2) is 0 Å². The molecule has 0 aromatic heterocycles. The van der Waals surface area contributed by atoms with Crippen LogP contribution in [0.3, 0.4) is 0 Å². The lowest BCUT2D eigenvalue weighted by molar-refractivity contribution is -0.142. The molecule has 7 heteroatoms. The molecular weight excluding hydrogens is 434 g/mol. The van der Waals surface area contributed by atoms with Crippen LogP contribution in [0.15, 0.2) is 53.2 Å². The number of aryl methyl sites for hydroxylation is 3. The number of carbonyl (C=O) groups excluding carboxylic acids is 2. The molecule has 1 amide bonds. The monoisotopic (exact) mass is 465 g/mol. The molecule has 0 fully saturated rings. The first-order chi connectivity index (χ1) is 15.8. The molecular formula is C26H31N3O3S. The van der Waals surface area contributed by atoms with Crippen LogP contribution in [-0.4, -0.2) is 28.8 Å². The molecule has 0 spiro atoms. The fourth-order valence-corrected chi connectivity index (χ4v) is 4.74. The molecule has 0 unspecified atom stereocenters. The number of para-hydroxylation sites is 2. The maximum atomic E-state index is 13.2. The van der Waals surface area contributed by atoms with Crippen LogP contribution in [-0.2, 0) is 14.3 Å². The van der Waals surface area contributed by atoms with Crippen LogP contribution in [0.1, 0.15) is 43.4 Å². The summed E-state index contributed by atoms with van der Waals surface area (Å²) in [6.07, 6.45) is 2.57. The van der Waals surface area contributed by atoms with Crippen molar-refractivity contribution >= 4 is 45.7 Å². The third-order valence-electron chi connectivity index (χ3n) is 5.22. The number of benzene rings is 2. The maximum absolute atomic E-state index is 13.2. The van der Waals surface area contributed by atoms with Crippen LogP contribution in [0.5, 0.6) is 0 Å². The summed E-state index contributed by atoms with van der Waals surface area (Å²) < 4.78 is 5.12. The van der Waals surface area contributed by atoms with Gasteiger partial charge in [-0.1, -0.05) is 48.5 Å². The van der Waals surface area contributed by atoms with Gasteiger partial charge in [-0.15, -0.1) is 0 Å². The Morgan fingerprint density at radius 1 is 1.12 bits per heavy atom. The number of fused-ring (bicyclic) bond motifs is 1. The lowest BCUT2D eigenvalue weighted by Crippen LogP contribution is -2.26. The number of hydrogen-bond acceptors (Lipinski definition) is 6. The average molecular weight is 466 g/mol. The summed E-state index contributed by atoms with van der Waals surface area (Å²) in [5.74, 6) is -0.374. The minimum atomic E-state index is -0.339. The van der Waals surface area contributed by atoms with Crippen LogP contribution in [0, 0.1) is 20.8 Å². The predicted octanol–water partition coefficient (Wildman–Crippen LogP) is 6.05. The van der Waals surface area contributed by atoms with Gasteiger partial charge in [-0.2, -0.15) is 0 Å². The largest absolute Gasteiger partial charge is 0.466 e. The molecule has 2 aromatic carbocycles. The van der Waals surface area contributed by atoms with Gasteiger partial charge in [0.2, 0.25) is 5.91 Å². The second kappa shape index (κ2) is 11.2. The molecule has 3 rings (SSSR count). The van der Waals surface area contributed by atoms with E-state index in [1.54, 1.807) is 6.92 Å². The van der Waals surface area contributed by atoms with Crippen molar-refractivity contribution in [2.75, 3.05) is 17.2 Å². The normalized spacial score (nSPS) is 13.6. The van der Waals surface area contributed by atoms with Crippen molar-refractivity contribution in [2.24, 2.45) is 4.99 Å². The number of nitrogens with one attached hydrogen (secondary N) is 2. The second-order valence-electron chi connectivity index (χ2n) is 8.02. The fourth-order valence-electron chi connectivity index (χ4n) is 3.76. The van der Waals surface area contributed by atoms with E-state index < -0.39 is 0 Å². The van der Waals surface area contributed by atoms with Gasteiger partial charge in [-0.05, 0) is 63.5 Å². The van der Waals surface area contributed by atoms with Crippen molar-refractivity contribution in [3.8, 4) is 0 Å². The third-order valence-corrected chi connectivity index (χ3v) is 6.50. The number of thioether (sulfide) groups is 1. The van der Waals surface area contributed by atoms with Gasteiger partial charge in [0, 0.05) is 11.4 Å². The highest BCUT2D eigenvalue weighted by molar-refractivity contribution is 8.15. The van der Waals surface area contributed by atoms with E-state index in [1.807, 2.05) is 58.0 Å². The molecule has 0 aliphatic carbocycles. The number of anilines is 2. The molecule has 174 valence electrons. The molecule has 33 heavy (non-hydrogen) atoms. The van der Waals surface area contributed by atoms with Crippen LogP contribution in [0.25, 0.3) is 0 Å². The van der Waals surface area contributed by atoms with E-state index in [-0.39, 0.29) is 23.5 Å². The number of amides is 1. The van der Waals surface area contributed by atoms with Crippen molar-refractivity contribution in [2.45, 2.75) is 52.7 Å². The van der Waals surface area contributed by atoms with Gasteiger partial charge < -0.3 is 15.4 Å². The number of esters is 1. The van der Waals surface area contributed by atoms with Gasteiger partial charge >= 0.3 is 5.97 Å². The Morgan fingerprint density at radius 2 is 1.82 bits per heavy atom. The first-order valence-electron chi connectivity index (χ1n) is 11.2. The minimum Gasteiger partial charge on any atom is -0.466 e. The maximum Gasteiger partial charge on any atom is 0.311 e. The zero-order chi connectivity index (χ0) is 24.0. The van der Waals surface area contributed by atoms with E-state index in [2.05, 4.69) is 22.8 Å². The number of carbonyl (C=O) groups is 2. The summed E-state index contributed by atoms with van der Waals surface area (Å²) in [5.41, 5.74) is 6.37. The molecule has 0 saturated heterocycles. The number of ether oxygens (including phenoxy) is 1. The average Bonchev–Trinajstić information content (AvgIpc) is 2.92. The highest BCUT2D eigenvalue weighted by atomic mass is 32.2. The van der Waals surface area contributed by atoms with E-state index in [4.69, 9.17) is 9.73 Å². The van der Waals surface area contributed by atoms with E-state index in [9.17, 15) is 9.59 Å². The topological polar surface area (TPSA) is 79.8 Å². The fraction of sp³-hybridized carbons (Fsp3) is 0.346. The van der Waals surface area contributed by atoms with Gasteiger partial charge in [-0.25, -0.2) is 4.99 Å². The molecule has 0 saturated carbocycles. The van der Waals surface area contributed by atoms with Crippen LogP contribution < -0.4 is 10.6 Å². The Hall–Kier alpha value is -3.06. The summed E-state index contributed by atoms with van der Waals surface area (Å²) in [6.45, 7) is 10.2. The molecule has 1 aliphatic rings. The first kappa shape index (κ1) is 24.6. The Bertz CT molecular complexity index is 1080. The first-order valence-corrected chi connectivity index (χ1v) is 12.0. The standard InChI is InChI=1S/C26H31N3O3S/c1-6-22(26(31)29-25-17(4)12-16(3)13-18(25)5)33-23-14-19(15-24(30)32-7-2)27-20-10-8-9-11-21(20)28-23/h8-14,22,27H,6-7,15H2,1-5H3,(H,29,31)/t22-/m1/s1. The van der Waals surface area contributed by atoms with Crippen molar-refractivity contribution in [1.29, 1.82) is 0 Å². The zero-order valence-electron chi connectivity index (χ0n) is 19.8. The number of aliphatic imine (C=N–C) groups is 1. The van der Waals surface area contributed by atoms with Crippen LogP contribution in [0.4, 0.5) is 17.1 Å². The summed E-state index contributed by atoms with van der Waals surface area (Å²) in [5, 5.41) is 6.74. The molecule has 1 heterocycles. The number of hydrogen-bond donors (Lipinski definition) is 2. The van der Waals surface area contributed by atoms with E-state index in [1.165, 1.54) is 17.3 Å². The summed E-state index contributed by atoms with van der Waals surface area (Å²) in [6, 6.07) is 11.8. The molecule has 2 N–H and O–H groups in total. The number of rotatable bonds is 7. The molecule has 6 nitrogen and oxygen atoms in total. The highest BCUT2D eigenvalue weighted by Gasteiger charge is 2.23. The van der Waals surface area contributed by atoms with Gasteiger partial charge in [0.1, 0.15) is 0 Å². The van der Waals surface area contributed by atoms with E-state index in [0.717, 1.165) is 28.2 Å². The molecule has 2 aromatic rings. The SMILES string of the molecule is CCOC(=O)CC1=CC(S[C@H](CC)C(=O)Nc2c(C)cc(C)cc2C)=Nc2ccccc2N1. The molecule has 0 bridgehead atoms. The van der Waals surface area contributed by atoms with Gasteiger partial charge in [-0.3, -0.25) is 9.59 Å². The predicted molar refractivity (Wildman–Crippen MR) is 137 cm³/mol. The Kier molecular flexibility index (Phi) is 8.33. The molecule has 1 aliphatic heterocycles. The number of nitrogens with zero attached hydrogens (tertiary/aromatic N) is 1. The summed E-state index contributed by atoms with van der Waals surface area (Å²) in [4.78, 5) is 30.1. The quantitative estimate of drug-likeness (QED) is 0.486. The van der Waals surface area contributed by atoms with Crippen molar-refractivity contribution < 1.29 is 14.3 Å². The summed E-state index contributed by atoms with van der Waals surface area (Å²) >= 11 is 1.40.